The predicted octanol–water partition coefficient (Wildman–Crippen LogP) is 4.56. The first-order chi connectivity index (χ1) is 10.1. The Hall–Kier alpha value is -1.42. The van der Waals surface area contributed by atoms with Crippen molar-refractivity contribution >= 4 is 23.2 Å². The van der Waals surface area contributed by atoms with E-state index in [4.69, 9.17) is 32.7 Å². The lowest BCUT2D eigenvalue weighted by Crippen LogP contribution is -2.19. The second-order valence-corrected chi connectivity index (χ2v) is 5.75. The van der Waals surface area contributed by atoms with Gasteiger partial charge in [0, 0.05) is 12.0 Å². The molecule has 2 aromatic rings. The lowest BCUT2D eigenvalue weighted by molar-refractivity contribution is 0.0654. The Morgan fingerprint density at radius 3 is 2.67 bits per heavy atom. The summed E-state index contributed by atoms with van der Waals surface area (Å²) in [5.41, 5.74) is 1.63. The molecule has 21 heavy (non-hydrogen) atoms. The summed E-state index contributed by atoms with van der Waals surface area (Å²) in [5, 5.41) is 11.3. The summed E-state index contributed by atoms with van der Waals surface area (Å²) in [6.07, 6.45) is -0.406. The summed E-state index contributed by atoms with van der Waals surface area (Å²) >= 11 is 12.0. The maximum Gasteiger partial charge on any atom is 0.127 e. The lowest BCUT2D eigenvalue weighted by atomic mass is 9.95. The monoisotopic (exact) mass is 324 g/mol. The van der Waals surface area contributed by atoms with Gasteiger partial charge >= 0.3 is 0 Å². The number of rotatable bonds is 2. The smallest absolute Gasteiger partial charge is 0.127 e. The van der Waals surface area contributed by atoms with Gasteiger partial charge in [0.1, 0.15) is 17.6 Å². The van der Waals surface area contributed by atoms with E-state index in [2.05, 4.69) is 0 Å². The summed E-state index contributed by atoms with van der Waals surface area (Å²) in [6, 6.07) is 10.8. The molecule has 1 aliphatic rings. The number of hydrogen-bond donors (Lipinski definition) is 1. The molecule has 2 unspecified atom stereocenters. The average molecular weight is 325 g/mol. The quantitative estimate of drug-likeness (QED) is 0.880. The Labute approximate surface area is 133 Å². The van der Waals surface area contributed by atoms with Crippen LogP contribution in [0.3, 0.4) is 0 Å². The van der Waals surface area contributed by atoms with Crippen molar-refractivity contribution in [3.63, 3.8) is 0 Å². The van der Waals surface area contributed by atoms with Crippen molar-refractivity contribution in [2.75, 3.05) is 7.11 Å². The summed E-state index contributed by atoms with van der Waals surface area (Å²) in [4.78, 5) is 0. The van der Waals surface area contributed by atoms with Gasteiger partial charge in [0.05, 0.1) is 23.3 Å². The largest absolute Gasteiger partial charge is 0.497 e. The van der Waals surface area contributed by atoms with Crippen LogP contribution < -0.4 is 9.47 Å². The molecule has 1 N–H and O–H groups in total. The van der Waals surface area contributed by atoms with E-state index >= 15 is 0 Å². The van der Waals surface area contributed by atoms with Crippen LogP contribution in [0.5, 0.6) is 11.5 Å². The van der Waals surface area contributed by atoms with Gasteiger partial charge < -0.3 is 14.6 Å². The third kappa shape index (κ3) is 2.82. The molecule has 3 rings (SSSR count). The molecule has 0 spiro atoms. The molecule has 1 aliphatic heterocycles. The van der Waals surface area contributed by atoms with Crippen LogP contribution >= 0.6 is 23.2 Å². The fourth-order valence-electron chi connectivity index (χ4n) is 2.47. The van der Waals surface area contributed by atoms with E-state index in [1.165, 1.54) is 0 Å². The molecule has 3 nitrogen and oxygen atoms in total. The topological polar surface area (TPSA) is 38.7 Å². The van der Waals surface area contributed by atoms with E-state index in [1.807, 2.05) is 12.1 Å². The molecule has 0 aliphatic carbocycles. The molecule has 2 atom stereocenters. The Bertz CT molecular complexity index is 673. The Morgan fingerprint density at radius 2 is 1.95 bits per heavy atom. The molecule has 2 aromatic carbocycles. The molecule has 0 bridgehead atoms. The summed E-state index contributed by atoms with van der Waals surface area (Å²) in [6.45, 7) is 0. The zero-order valence-corrected chi connectivity index (χ0v) is 12.9. The van der Waals surface area contributed by atoms with E-state index in [0.717, 1.165) is 11.1 Å². The highest BCUT2D eigenvalue weighted by Gasteiger charge is 2.28. The number of fused-ring (bicyclic) bond motifs is 1. The van der Waals surface area contributed by atoms with Gasteiger partial charge in [-0.25, -0.2) is 0 Å². The Kier molecular flexibility index (Phi) is 3.98. The lowest BCUT2D eigenvalue weighted by Gasteiger charge is -2.30. The van der Waals surface area contributed by atoms with Crippen molar-refractivity contribution in [2.24, 2.45) is 0 Å². The van der Waals surface area contributed by atoms with Gasteiger partial charge in [0.25, 0.3) is 0 Å². The van der Waals surface area contributed by atoms with Crippen LogP contribution in [-0.2, 0) is 0 Å². The highest BCUT2D eigenvalue weighted by atomic mass is 35.5. The summed E-state index contributed by atoms with van der Waals surface area (Å²) in [7, 11) is 1.59. The second kappa shape index (κ2) is 5.76. The van der Waals surface area contributed by atoms with Crippen molar-refractivity contribution in [1.82, 2.24) is 0 Å². The van der Waals surface area contributed by atoms with Gasteiger partial charge in [0.2, 0.25) is 0 Å². The number of ether oxygens (including phenoxy) is 2. The van der Waals surface area contributed by atoms with E-state index in [-0.39, 0.29) is 6.10 Å². The zero-order valence-electron chi connectivity index (χ0n) is 11.3. The van der Waals surface area contributed by atoms with Gasteiger partial charge in [0.15, 0.2) is 0 Å². The van der Waals surface area contributed by atoms with Gasteiger partial charge in [-0.05, 0) is 35.9 Å². The number of hydrogen-bond acceptors (Lipinski definition) is 3. The SMILES string of the molecule is COc1ccc2c(c1)C(O)CC(c1ccc(Cl)c(Cl)c1)O2. The average Bonchev–Trinajstić information content (AvgIpc) is 2.49. The Morgan fingerprint density at radius 1 is 1.14 bits per heavy atom. The first-order valence-corrected chi connectivity index (χ1v) is 7.31. The molecule has 1 heterocycles. The minimum absolute atomic E-state index is 0.254. The van der Waals surface area contributed by atoms with Crippen LogP contribution in [-0.4, -0.2) is 12.2 Å². The number of methoxy groups -OCH3 is 1. The van der Waals surface area contributed by atoms with Crippen molar-refractivity contribution in [1.29, 1.82) is 0 Å². The van der Waals surface area contributed by atoms with E-state index in [9.17, 15) is 5.11 Å². The molecular formula is C16H14Cl2O3. The molecule has 0 aromatic heterocycles. The number of benzene rings is 2. The normalized spacial score (nSPS) is 20.6. The number of halogens is 2. The van der Waals surface area contributed by atoms with Gasteiger partial charge in [-0.2, -0.15) is 0 Å². The highest BCUT2D eigenvalue weighted by molar-refractivity contribution is 6.42. The molecule has 0 fully saturated rings. The zero-order chi connectivity index (χ0) is 15.0. The number of aliphatic hydroxyl groups is 1. The van der Waals surface area contributed by atoms with Crippen LogP contribution in [0.15, 0.2) is 36.4 Å². The molecular weight excluding hydrogens is 311 g/mol. The summed E-state index contributed by atoms with van der Waals surface area (Å²) < 4.78 is 11.1. The van der Waals surface area contributed by atoms with Crippen molar-refractivity contribution < 1.29 is 14.6 Å². The van der Waals surface area contributed by atoms with Crippen LogP contribution in [0.4, 0.5) is 0 Å². The third-order valence-corrected chi connectivity index (χ3v) is 4.34. The van der Waals surface area contributed by atoms with E-state index in [0.29, 0.717) is 28.0 Å². The molecule has 0 amide bonds. The fraction of sp³-hybridized carbons (Fsp3) is 0.250. The minimum Gasteiger partial charge on any atom is -0.497 e. The van der Waals surface area contributed by atoms with Crippen LogP contribution in [0.25, 0.3) is 0 Å². The van der Waals surface area contributed by atoms with Crippen molar-refractivity contribution in [3.8, 4) is 11.5 Å². The third-order valence-electron chi connectivity index (χ3n) is 3.60. The molecule has 0 saturated heterocycles. The minimum atomic E-state index is -0.608. The molecule has 0 saturated carbocycles. The highest BCUT2D eigenvalue weighted by Crippen LogP contribution is 2.42. The van der Waals surface area contributed by atoms with Crippen LogP contribution in [0, 0.1) is 0 Å². The van der Waals surface area contributed by atoms with Crippen LogP contribution in [0.1, 0.15) is 29.8 Å². The first kappa shape index (κ1) is 14.5. The van der Waals surface area contributed by atoms with Crippen molar-refractivity contribution in [2.45, 2.75) is 18.6 Å². The molecule has 110 valence electrons. The summed E-state index contributed by atoms with van der Waals surface area (Å²) in [5.74, 6) is 1.36. The fourth-order valence-corrected chi connectivity index (χ4v) is 2.78. The van der Waals surface area contributed by atoms with E-state index < -0.39 is 6.10 Å². The van der Waals surface area contributed by atoms with E-state index in [1.54, 1.807) is 31.4 Å². The number of aliphatic hydroxyl groups excluding tert-OH is 1. The second-order valence-electron chi connectivity index (χ2n) is 4.94. The first-order valence-electron chi connectivity index (χ1n) is 6.56. The van der Waals surface area contributed by atoms with Gasteiger partial charge in [-0.15, -0.1) is 0 Å². The van der Waals surface area contributed by atoms with Gasteiger partial charge in [-0.3, -0.25) is 0 Å². The predicted molar refractivity (Wildman–Crippen MR) is 82.4 cm³/mol. The van der Waals surface area contributed by atoms with Crippen LogP contribution in [0.2, 0.25) is 10.0 Å². The standard InChI is InChI=1S/C16H14Cl2O3/c1-20-10-3-5-15-11(7-10)14(19)8-16(21-15)9-2-4-12(17)13(18)6-9/h2-7,14,16,19H,8H2,1H3. The van der Waals surface area contributed by atoms with Crippen molar-refractivity contribution in [3.05, 3.63) is 57.6 Å². The molecule has 0 radical (unpaired) electrons. The maximum absolute atomic E-state index is 10.3. The Balaban J connectivity index is 1.92. The molecule has 5 heteroatoms. The van der Waals surface area contributed by atoms with Gasteiger partial charge in [-0.1, -0.05) is 29.3 Å². The maximum atomic E-state index is 10.3.